The highest BCUT2D eigenvalue weighted by Crippen LogP contribution is 2.49. The highest BCUT2D eigenvalue weighted by Gasteiger charge is 2.40. The summed E-state index contributed by atoms with van der Waals surface area (Å²) in [5, 5.41) is 8.98. The fourth-order valence-electron chi connectivity index (χ4n) is 0.654. The zero-order valence-electron chi connectivity index (χ0n) is 7.46. The number of aliphatic imine (C=N–C) groups is 1. The van der Waals surface area contributed by atoms with Gasteiger partial charge in [0, 0.05) is 6.54 Å². The van der Waals surface area contributed by atoms with Gasteiger partial charge in [0.25, 0.3) is 0 Å². The lowest BCUT2D eigenvalue weighted by Crippen LogP contribution is -2.22. The topological polar surface area (TPSA) is 174 Å². The molecule has 0 aliphatic heterocycles. The molecule has 0 fully saturated rings. The SMILES string of the molecule is NCCN=C(C(O)P(=O)(O)O)P(=O)(O)O. The molecule has 0 heterocycles. The molecule has 0 aromatic rings. The summed E-state index contributed by atoms with van der Waals surface area (Å²) in [6.07, 6.45) is 0. The van der Waals surface area contributed by atoms with Gasteiger partial charge in [-0.2, -0.15) is 0 Å². The molecule has 90 valence electrons. The largest absolute Gasteiger partial charge is 0.375 e. The van der Waals surface area contributed by atoms with Crippen molar-refractivity contribution in [3.8, 4) is 0 Å². The van der Waals surface area contributed by atoms with Crippen molar-refractivity contribution in [1.29, 1.82) is 0 Å². The van der Waals surface area contributed by atoms with E-state index in [-0.39, 0.29) is 13.1 Å². The zero-order chi connectivity index (χ0) is 12.3. The molecular formula is C4H12N2O7P2. The van der Waals surface area contributed by atoms with Crippen molar-refractivity contribution in [3.63, 3.8) is 0 Å². The molecule has 9 nitrogen and oxygen atoms in total. The minimum absolute atomic E-state index is 0.0720. The highest BCUT2D eigenvalue weighted by atomic mass is 31.2. The van der Waals surface area contributed by atoms with E-state index in [4.69, 9.17) is 30.4 Å². The molecule has 0 aromatic carbocycles. The van der Waals surface area contributed by atoms with Crippen LogP contribution in [0.25, 0.3) is 0 Å². The maximum absolute atomic E-state index is 10.7. The molecule has 0 spiro atoms. The van der Waals surface area contributed by atoms with Crippen LogP contribution in [0.5, 0.6) is 0 Å². The Balaban J connectivity index is 5.15. The van der Waals surface area contributed by atoms with Crippen molar-refractivity contribution in [1.82, 2.24) is 0 Å². The molecule has 7 N–H and O–H groups in total. The van der Waals surface area contributed by atoms with Crippen molar-refractivity contribution in [3.05, 3.63) is 0 Å². The van der Waals surface area contributed by atoms with Gasteiger partial charge in [0.15, 0.2) is 5.45 Å². The number of hydrogen-bond acceptors (Lipinski definition) is 5. The second kappa shape index (κ2) is 5.29. The van der Waals surface area contributed by atoms with Gasteiger partial charge in [0.2, 0.25) is 5.85 Å². The molecule has 0 saturated carbocycles. The number of nitrogens with two attached hydrogens (primary N) is 1. The molecular weight excluding hydrogens is 250 g/mol. The number of hydrogen-bond donors (Lipinski definition) is 6. The Kier molecular flexibility index (Phi) is 5.25. The Morgan fingerprint density at radius 2 is 1.73 bits per heavy atom. The normalized spacial score (nSPS) is 16.5. The summed E-state index contributed by atoms with van der Waals surface area (Å²) in [7, 11) is -10.1. The smallest absolute Gasteiger partial charge is 0.373 e. The van der Waals surface area contributed by atoms with E-state index in [9.17, 15) is 9.13 Å². The quantitative estimate of drug-likeness (QED) is 0.244. The molecule has 0 radical (unpaired) electrons. The Bertz CT molecular complexity index is 330. The van der Waals surface area contributed by atoms with Gasteiger partial charge >= 0.3 is 15.2 Å². The van der Waals surface area contributed by atoms with Crippen molar-refractivity contribution in [2.24, 2.45) is 10.7 Å². The molecule has 1 unspecified atom stereocenters. The third kappa shape index (κ3) is 4.96. The zero-order valence-corrected chi connectivity index (χ0v) is 9.25. The lowest BCUT2D eigenvalue weighted by atomic mass is 10.6. The maximum atomic E-state index is 10.7. The average molecular weight is 262 g/mol. The molecule has 0 amide bonds. The number of nitrogens with zero attached hydrogens (tertiary/aromatic N) is 1. The molecule has 11 heteroatoms. The summed E-state index contributed by atoms with van der Waals surface area (Å²) in [5.74, 6) is -2.61. The minimum atomic E-state index is -5.06. The van der Waals surface area contributed by atoms with E-state index >= 15 is 0 Å². The standard InChI is InChI=1S/C4H12N2O7P2/c5-1-2-6-3(14(8,9)10)4(7)15(11,12)13/h4,7H,1-2,5H2,(H2,8,9,10)(H2,11,12,13). The molecule has 0 rings (SSSR count). The lowest BCUT2D eigenvalue weighted by molar-refractivity contribution is 0.250. The third-order valence-electron chi connectivity index (χ3n) is 1.25. The van der Waals surface area contributed by atoms with Gasteiger partial charge in [-0.1, -0.05) is 0 Å². The number of aliphatic hydroxyl groups excluding tert-OH is 1. The summed E-state index contributed by atoms with van der Waals surface area (Å²) in [6, 6.07) is 0. The molecule has 0 aliphatic carbocycles. The van der Waals surface area contributed by atoms with Crippen LogP contribution in [0.3, 0.4) is 0 Å². The summed E-state index contributed by atoms with van der Waals surface area (Å²) >= 11 is 0. The van der Waals surface area contributed by atoms with Crippen LogP contribution in [0.1, 0.15) is 0 Å². The van der Waals surface area contributed by atoms with E-state index in [1.54, 1.807) is 0 Å². The van der Waals surface area contributed by atoms with Crippen molar-refractivity contribution < 1.29 is 33.8 Å². The predicted octanol–water partition coefficient (Wildman–Crippen LogP) is -1.98. The van der Waals surface area contributed by atoms with Crippen LogP contribution in [0.4, 0.5) is 0 Å². The molecule has 0 bridgehead atoms. The first kappa shape index (κ1) is 14.9. The van der Waals surface area contributed by atoms with Crippen molar-refractivity contribution in [2.75, 3.05) is 13.1 Å². The van der Waals surface area contributed by atoms with Crippen LogP contribution >= 0.6 is 15.2 Å². The molecule has 0 aliphatic rings. The number of aliphatic hydroxyl groups is 1. The summed E-state index contributed by atoms with van der Waals surface area (Å²) in [5.41, 5.74) is 3.74. The van der Waals surface area contributed by atoms with Crippen molar-refractivity contribution >= 4 is 20.6 Å². The monoisotopic (exact) mass is 262 g/mol. The highest BCUT2D eigenvalue weighted by molar-refractivity contribution is 7.73. The predicted molar refractivity (Wildman–Crippen MR) is 51.5 cm³/mol. The van der Waals surface area contributed by atoms with Gasteiger partial charge in [-0.15, -0.1) is 0 Å². The van der Waals surface area contributed by atoms with Crippen molar-refractivity contribution in [2.45, 2.75) is 5.85 Å². The van der Waals surface area contributed by atoms with Crippen LogP contribution in [-0.2, 0) is 9.13 Å². The summed E-state index contributed by atoms with van der Waals surface area (Å²) in [6.45, 7) is -0.325. The Morgan fingerprint density at radius 3 is 2.00 bits per heavy atom. The Hall–Kier alpha value is -0.110. The van der Waals surface area contributed by atoms with Gasteiger partial charge in [-0.3, -0.25) is 14.1 Å². The summed E-state index contributed by atoms with van der Waals surface area (Å²) < 4.78 is 21.3. The minimum Gasteiger partial charge on any atom is -0.375 e. The van der Waals surface area contributed by atoms with E-state index in [1.165, 1.54) is 0 Å². The third-order valence-corrected chi connectivity index (χ3v) is 3.32. The second-order valence-corrected chi connectivity index (χ2v) is 5.75. The van der Waals surface area contributed by atoms with Gasteiger partial charge in [0.1, 0.15) is 0 Å². The lowest BCUT2D eigenvalue weighted by Gasteiger charge is -2.15. The van der Waals surface area contributed by atoms with Gasteiger partial charge in [-0.25, -0.2) is 0 Å². The molecule has 1 atom stereocenters. The van der Waals surface area contributed by atoms with Crippen LogP contribution in [-0.4, -0.2) is 49.1 Å². The van der Waals surface area contributed by atoms with Crippen LogP contribution in [0.2, 0.25) is 0 Å². The van der Waals surface area contributed by atoms with Crippen LogP contribution in [0, 0.1) is 0 Å². The molecule has 0 aromatic heterocycles. The number of rotatable bonds is 5. The molecule has 0 saturated heterocycles. The van der Waals surface area contributed by atoms with Gasteiger partial charge < -0.3 is 30.4 Å². The average Bonchev–Trinajstić information content (AvgIpc) is 2.00. The van der Waals surface area contributed by atoms with Crippen LogP contribution < -0.4 is 5.73 Å². The van der Waals surface area contributed by atoms with E-state index < -0.39 is 26.5 Å². The molecule has 15 heavy (non-hydrogen) atoms. The Morgan fingerprint density at radius 1 is 1.27 bits per heavy atom. The van der Waals surface area contributed by atoms with Crippen LogP contribution in [0.15, 0.2) is 4.99 Å². The van der Waals surface area contributed by atoms with E-state index in [2.05, 4.69) is 4.99 Å². The first-order chi connectivity index (χ1) is 6.60. The fraction of sp³-hybridized carbons (Fsp3) is 0.750. The summed E-state index contributed by atoms with van der Waals surface area (Å²) in [4.78, 5) is 37.6. The van der Waals surface area contributed by atoms with E-state index in [0.717, 1.165) is 0 Å². The maximum Gasteiger partial charge on any atom is 0.373 e. The Labute approximate surface area is 85.0 Å². The fourth-order valence-corrected chi connectivity index (χ4v) is 2.52. The van der Waals surface area contributed by atoms with E-state index in [0.29, 0.717) is 0 Å². The van der Waals surface area contributed by atoms with Gasteiger partial charge in [0.05, 0.1) is 6.54 Å². The first-order valence-corrected chi connectivity index (χ1v) is 6.94. The van der Waals surface area contributed by atoms with Gasteiger partial charge in [-0.05, 0) is 0 Å². The van der Waals surface area contributed by atoms with E-state index in [1.807, 2.05) is 0 Å². The first-order valence-electron chi connectivity index (χ1n) is 3.64. The second-order valence-electron chi connectivity index (χ2n) is 2.54.